The van der Waals surface area contributed by atoms with E-state index in [-0.39, 0.29) is 23.7 Å². The van der Waals surface area contributed by atoms with Crippen molar-refractivity contribution in [2.24, 2.45) is 17.6 Å². The largest absolute Gasteiger partial charge is 0.494 e. The molecule has 1 heterocycles. The Kier molecular flexibility index (Phi) is 4.83. The molecule has 0 unspecified atom stereocenters. The summed E-state index contributed by atoms with van der Waals surface area (Å²) in [5, 5.41) is 0. The highest BCUT2D eigenvalue weighted by Gasteiger charge is 2.36. The first kappa shape index (κ1) is 15.4. The fourth-order valence-corrected chi connectivity index (χ4v) is 2.62. The Bertz CT molecular complexity index is 530. The Morgan fingerprint density at radius 3 is 2.76 bits per heavy atom. The van der Waals surface area contributed by atoms with Gasteiger partial charge in [0, 0.05) is 18.7 Å². The van der Waals surface area contributed by atoms with Gasteiger partial charge in [-0.1, -0.05) is 19.9 Å². The molecule has 1 fully saturated rings. The van der Waals surface area contributed by atoms with Gasteiger partial charge in [0.25, 0.3) is 5.91 Å². The second-order valence-corrected chi connectivity index (χ2v) is 5.57. The maximum Gasteiger partial charge on any atom is 0.254 e. The van der Waals surface area contributed by atoms with E-state index in [1.54, 1.807) is 17.0 Å². The van der Waals surface area contributed by atoms with Crippen LogP contribution in [0, 0.1) is 11.8 Å². The summed E-state index contributed by atoms with van der Waals surface area (Å²) >= 11 is 0. The standard InChI is InChI=1S/C16H22N2O3/c1-3-7-21-13-6-4-5-12(8-13)16(20)18-9-11(2)14(10-18)15(17)19/h4-6,8,11,14H,3,7,9-10H2,1-2H3,(H2,17,19)/t11-,14-/m1/s1. The zero-order valence-corrected chi connectivity index (χ0v) is 12.5. The molecule has 2 amide bonds. The van der Waals surface area contributed by atoms with Gasteiger partial charge in [-0.15, -0.1) is 0 Å². The van der Waals surface area contributed by atoms with Gasteiger partial charge in [0.2, 0.25) is 5.91 Å². The quantitative estimate of drug-likeness (QED) is 0.896. The van der Waals surface area contributed by atoms with Crippen LogP contribution in [0.25, 0.3) is 0 Å². The summed E-state index contributed by atoms with van der Waals surface area (Å²) in [6.45, 7) is 5.57. The number of carbonyl (C=O) groups is 2. The molecule has 21 heavy (non-hydrogen) atoms. The fraction of sp³-hybridized carbons (Fsp3) is 0.500. The summed E-state index contributed by atoms with van der Waals surface area (Å²) < 4.78 is 5.54. The second kappa shape index (κ2) is 6.61. The molecule has 0 spiro atoms. The van der Waals surface area contributed by atoms with Crippen LogP contribution in [0.4, 0.5) is 0 Å². The summed E-state index contributed by atoms with van der Waals surface area (Å²) in [6.07, 6.45) is 0.919. The number of amides is 2. The molecule has 5 heteroatoms. The minimum absolute atomic E-state index is 0.0763. The molecular weight excluding hydrogens is 268 g/mol. The first-order valence-electron chi connectivity index (χ1n) is 7.34. The molecule has 1 saturated heterocycles. The number of nitrogens with zero attached hydrogens (tertiary/aromatic N) is 1. The zero-order valence-electron chi connectivity index (χ0n) is 12.5. The number of nitrogens with two attached hydrogens (primary N) is 1. The summed E-state index contributed by atoms with van der Waals surface area (Å²) in [5.41, 5.74) is 5.96. The number of carbonyl (C=O) groups excluding carboxylic acids is 2. The number of primary amides is 1. The SMILES string of the molecule is CCCOc1cccc(C(=O)N2C[C@@H](C)[C@H](C(N)=O)C2)c1. The minimum Gasteiger partial charge on any atom is -0.494 e. The zero-order chi connectivity index (χ0) is 15.4. The molecule has 0 bridgehead atoms. The summed E-state index contributed by atoms with van der Waals surface area (Å²) in [6, 6.07) is 7.16. The van der Waals surface area contributed by atoms with E-state index in [0.29, 0.717) is 31.0 Å². The third-order valence-electron chi connectivity index (χ3n) is 3.82. The van der Waals surface area contributed by atoms with Crippen molar-refractivity contribution in [3.8, 4) is 5.75 Å². The van der Waals surface area contributed by atoms with Crippen LogP contribution >= 0.6 is 0 Å². The van der Waals surface area contributed by atoms with Crippen molar-refractivity contribution in [1.82, 2.24) is 4.90 Å². The van der Waals surface area contributed by atoms with E-state index >= 15 is 0 Å². The van der Waals surface area contributed by atoms with Gasteiger partial charge in [0.15, 0.2) is 0 Å². The molecule has 1 aliphatic heterocycles. The summed E-state index contributed by atoms with van der Waals surface area (Å²) in [4.78, 5) is 25.6. The molecule has 2 N–H and O–H groups in total. The molecule has 0 saturated carbocycles. The highest BCUT2D eigenvalue weighted by atomic mass is 16.5. The predicted molar refractivity (Wildman–Crippen MR) is 80.0 cm³/mol. The molecule has 1 aliphatic rings. The number of hydrogen-bond acceptors (Lipinski definition) is 3. The van der Waals surface area contributed by atoms with Crippen LogP contribution in [0.1, 0.15) is 30.6 Å². The van der Waals surface area contributed by atoms with Crippen LogP contribution in [0.5, 0.6) is 5.75 Å². The first-order valence-corrected chi connectivity index (χ1v) is 7.34. The molecule has 0 aliphatic carbocycles. The van der Waals surface area contributed by atoms with E-state index in [2.05, 4.69) is 0 Å². The third kappa shape index (κ3) is 3.54. The minimum atomic E-state index is -0.335. The fourth-order valence-electron chi connectivity index (χ4n) is 2.62. The molecule has 0 radical (unpaired) electrons. The van der Waals surface area contributed by atoms with Gasteiger partial charge < -0.3 is 15.4 Å². The monoisotopic (exact) mass is 290 g/mol. The van der Waals surface area contributed by atoms with Crippen molar-refractivity contribution in [3.05, 3.63) is 29.8 Å². The Morgan fingerprint density at radius 2 is 2.14 bits per heavy atom. The van der Waals surface area contributed by atoms with Gasteiger partial charge in [-0.25, -0.2) is 0 Å². The van der Waals surface area contributed by atoms with Gasteiger partial charge >= 0.3 is 0 Å². The van der Waals surface area contributed by atoms with Crippen LogP contribution in [0.3, 0.4) is 0 Å². The Hall–Kier alpha value is -2.04. The third-order valence-corrected chi connectivity index (χ3v) is 3.82. The van der Waals surface area contributed by atoms with Gasteiger partial charge in [0.05, 0.1) is 12.5 Å². The number of rotatable bonds is 5. The first-order chi connectivity index (χ1) is 10.0. The topological polar surface area (TPSA) is 72.6 Å². The normalized spacial score (nSPS) is 21.3. The van der Waals surface area contributed by atoms with E-state index in [0.717, 1.165) is 6.42 Å². The number of likely N-dealkylation sites (tertiary alicyclic amines) is 1. The summed E-state index contributed by atoms with van der Waals surface area (Å²) in [5.74, 6) is 0.131. The van der Waals surface area contributed by atoms with Crippen LogP contribution in [-0.4, -0.2) is 36.4 Å². The molecule has 114 valence electrons. The van der Waals surface area contributed by atoms with Crippen LogP contribution in [-0.2, 0) is 4.79 Å². The smallest absolute Gasteiger partial charge is 0.254 e. The van der Waals surface area contributed by atoms with Crippen molar-refractivity contribution >= 4 is 11.8 Å². The molecular formula is C16H22N2O3. The molecule has 5 nitrogen and oxygen atoms in total. The lowest BCUT2D eigenvalue weighted by Gasteiger charge is -2.16. The number of ether oxygens (including phenoxy) is 1. The lowest BCUT2D eigenvalue weighted by molar-refractivity contribution is -0.122. The predicted octanol–water partition coefficient (Wildman–Crippen LogP) is 1.67. The van der Waals surface area contributed by atoms with Crippen LogP contribution in [0.15, 0.2) is 24.3 Å². The van der Waals surface area contributed by atoms with Gasteiger partial charge in [-0.05, 0) is 30.5 Å². The average molecular weight is 290 g/mol. The second-order valence-electron chi connectivity index (χ2n) is 5.57. The van der Waals surface area contributed by atoms with Gasteiger partial charge in [-0.3, -0.25) is 9.59 Å². The number of benzene rings is 1. The number of hydrogen-bond donors (Lipinski definition) is 1. The molecule has 1 aromatic rings. The van der Waals surface area contributed by atoms with E-state index in [9.17, 15) is 9.59 Å². The average Bonchev–Trinajstić information content (AvgIpc) is 2.87. The van der Waals surface area contributed by atoms with E-state index < -0.39 is 0 Å². The van der Waals surface area contributed by atoms with Crippen molar-refractivity contribution in [2.75, 3.05) is 19.7 Å². The maximum atomic E-state index is 12.5. The van der Waals surface area contributed by atoms with E-state index in [1.165, 1.54) is 0 Å². The Balaban J connectivity index is 2.08. The Labute approximate surface area is 125 Å². The van der Waals surface area contributed by atoms with Crippen molar-refractivity contribution in [2.45, 2.75) is 20.3 Å². The van der Waals surface area contributed by atoms with Crippen LogP contribution < -0.4 is 10.5 Å². The molecule has 2 atom stereocenters. The van der Waals surface area contributed by atoms with Crippen molar-refractivity contribution in [1.29, 1.82) is 0 Å². The van der Waals surface area contributed by atoms with Gasteiger partial charge in [-0.2, -0.15) is 0 Å². The molecule has 0 aromatic heterocycles. The molecule has 2 rings (SSSR count). The lowest BCUT2D eigenvalue weighted by Crippen LogP contribution is -2.32. The van der Waals surface area contributed by atoms with Crippen LogP contribution in [0.2, 0.25) is 0 Å². The van der Waals surface area contributed by atoms with Crippen molar-refractivity contribution < 1.29 is 14.3 Å². The highest BCUT2D eigenvalue weighted by Crippen LogP contribution is 2.25. The van der Waals surface area contributed by atoms with Crippen molar-refractivity contribution in [3.63, 3.8) is 0 Å². The van der Waals surface area contributed by atoms with E-state index in [4.69, 9.17) is 10.5 Å². The maximum absolute atomic E-state index is 12.5. The van der Waals surface area contributed by atoms with Gasteiger partial charge in [0.1, 0.15) is 5.75 Å². The Morgan fingerprint density at radius 1 is 1.38 bits per heavy atom. The highest BCUT2D eigenvalue weighted by molar-refractivity contribution is 5.95. The lowest BCUT2D eigenvalue weighted by atomic mass is 9.98. The van der Waals surface area contributed by atoms with E-state index in [1.807, 2.05) is 26.0 Å². The summed E-state index contributed by atoms with van der Waals surface area (Å²) in [7, 11) is 0. The molecule has 1 aromatic carbocycles.